The van der Waals surface area contributed by atoms with Gasteiger partial charge in [0.2, 0.25) is 0 Å². The number of hydrogen-bond acceptors (Lipinski definition) is 4. The Hall–Kier alpha value is -3.14. The molecule has 4 nitrogen and oxygen atoms in total. The van der Waals surface area contributed by atoms with E-state index in [0.717, 1.165) is 0 Å². The van der Waals surface area contributed by atoms with Gasteiger partial charge in [0.15, 0.2) is 0 Å². The molecule has 0 aromatic heterocycles. The zero-order chi connectivity index (χ0) is 21.6. The van der Waals surface area contributed by atoms with E-state index in [9.17, 15) is 20.4 Å². The summed E-state index contributed by atoms with van der Waals surface area (Å²) < 4.78 is 0. The van der Waals surface area contributed by atoms with Gasteiger partial charge in [-0.15, -0.1) is 0 Å². The van der Waals surface area contributed by atoms with Crippen molar-refractivity contribution < 1.29 is 20.4 Å². The molecule has 0 bridgehead atoms. The van der Waals surface area contributed by atoms with Crippen LogP contribution in [0.4, 0.5) is 0 Å². The molecular formula is C25H30O4. The van der Waals surface area contributed by atoms with Gasteiger partial charge in [-0.2, -0.15) is 0 Å². The lowest BCUT2D eigenvalue weighted by molar-refractivity contribution is 0.427. The molecule has 0 unspecified atom stereocenters. The third-order valence-corrected chi connectivity index (χ3v) is 4.63. The van der Waals surface area contributed by atoms with E-state index in [4.69, 9.17) is 0 Å². The summed E-state index contributed by atoms with van der Waals surface area (Å²) in [7, 11) is 0. The molecule has 4 heteroatoms. The van der Waals surface area contributed by atoms with Crippen LogP contribution < -0.4 is 0 Å². The molecule has 4 N–H and O–H groups in total. The molecule has 0 fully saturated rings. The number of rotatable bonds is 7. The van der Waals surface area contributed by atoms with Gasteiger partial charge in [0, 0.05) is 17.2 Å². The van der Waals surface area contributed by atoms with Crippen LogP contribution >= 0.6 is 0 Å². The third-order valence-electron chi connectivity index (χ3n) is 4.63. The topological polar surface area (TPSA) is 80.9 Å². The summed E-state index contributed by atoms with van der Waals surface area (Å²) in [4.78, 5) is 0. The lowest BCUT2D eigenvalue weighted by Gasteiger charge is -2.19. The van der Waals surface area contributed by atoms with Gasteiger partial charge in [-0.25, -0.2) is 0 Å². The highest BCUT2D eigenvalue weighted by molar-refractivity contribution is 5.75. The Morgan fingerprint density at radius 1 is 0.793 bits per heavy atom. The van der Waals surface area contributed by atoms with Crippen LogP contribution in [0, 0.1) is 0 Å². The summed E-state index contributed by atoms with van der Waals surface area (Å²) in [5, 5.41) is 40.6. The van der Waals surface area contributed by atoms with Crippen molar-refractivity contribution in [3.05, 3.63) is 70.3 Å². The zero-order valence-corrected chi connectivity index (χ0v) is 17.5. The summed E-state index contributed by atoms with van der Waals surface area (Å²) >= 11 is 0. The van der Waals surface area contributed by atoms with Crippen LogP contribution in [-0.4, -0.2) is 20.4 Å². The first kappa shape index (κ1) is 22.2. The summed E-state index contributed by atoms with van der Waals surface area (Å²) in [6.07, 6.45) is 9.03. The average Bonchev–Trinajstić information content (AvgIpc) is 2.61. The summed E-state index contributed by atoms with van der Waals surface area (Å²) in [5.74, 6) is -0.0191. The Morgan fingerprint density at radius 2 is 1.34 bits per heavy atom. The van der Waals surface area contributed by atoms with Crippen molar-refractivity contribution in [3.63, 3.8) is 0 Å². The van der Waals surface area contributed by atoms with Crippen LogP contribution in [0.2, 0.25) is 0 Å². The molecule has 154 valence electrons. The lowest BCUT2D eigenvalue weighted by atomic mass is 9.88. The van der Waals surface area contributed by atoms with Crippen molar-refractivity contribution in [2.75, 3.05) is 0 Å². The number of allylic oxidation sites excluding steroid dienone is 4. The Morgan fingerprint density at radius 3 is 1.86 bits per heavy atom. The fraction of sp³-hybridized carbons (Fsp3) is 0.280. The summed E-state index contributed by atoms with van der Waals surface area (Å²) in [6, 6.07) is 7.52. The van der Waals surface area contributed by atoms with E-state index in [1.807, 2.05) is 27.7 Å². The van der Waals surface area contributed by atoms with Gasteiger partial charge in [-0.05, 0) is 76.3 Å². The van der Waals surface area contributed by atoms with Crippen molar-refractivity contribution in [2.24, 2.45) is 0 Å². The van der Waals surface area contributed by atoms with Gasteiger partial charge in [-0.1, -0.05) is 35.5 Å². The third kappa shape index (κ3) is 6.46. The minimum absolute atomic E-state index is 0.0382. The molecule has 0 aliphatic rings. The molecule has 0 saturated heterocycles. The molecule has 0 spiro atoms. The molecule has 0 saturated carbocycles. The number of benzene rings is 2. The van der Waals surface area contributed by atoms with Gasteiger partial charge in [0.25, 0.3) is 0 Å². The van der Waals surface area contributed by atoms with E-state index in [0.29, 0.717) is 29.5 Å². The fourth-order valence-electron chi connectivity index (χ4n) is 3.14. The molecule has 0 aliphatic heterocycles. The summed E-state index contributed by atoms with van der Waals surface area (Å²) in [6.45, 7) is 8.12. The molecule has 0 atom stereocenters. The minimum Gasteiger partial charge on any atom is -0.508 e. The van der Waals surface area contributed by atoms with Gasteiger partial charge in [-0.3, -0.25) is 0 Å². The van der Waals surface area contributed by atoms with E-state index < -0.39 is 0 Å². The highest BCUT2D eigenvalue weighted by Gasteiger charge is 2.20. The van der Waals surface area contributed by atoms with Crippen molar-refractivity contribution in [1.29, 1.82) is 0 Å². The number of hydrogen-bond donors (Lipinski definition) is 4. The average molecular weight is 395 g/mol. The number of phenolic OH excluding ortho intramolecular Hbond substituents is 4. The molecule has 0 radical (unpaired) electrons. The zero-order valence-electron chi connectivity index (χ0n) is 17.5. The van der Waals surface area contributed by atoms with Crippen LogP contribution in [-0.2, 0) is 0 Å². The second-order valence-electron chi connectivity index (χ2n) is 7.78. The number of aromatic hydroxyl groups is 4. The molecule has 2 rings (SSSR count). The maximum atomic E-state index is 10.9. The van der Waals surface area contributed by atoms with Gasteiger partial charge in [0.1, 0.15) is 23.0 Å². The molecule has 0 amide bonds. The normalized spacial score (nSPS) is 11.1. The predicted molar refractivity (Wildman–Crippen MR) is 119 cm³/mol. The van der Waals surface area contributed by atoms with Crippen molar-refractivity contribution in [2.45, 2.75) is 46.5 Å². The smallest absolute Gasteiger partial charge is 0.129 e. The molecule has 2 aromatic rings. The van der Waals surface area contributed by atoms with Crippen LogP contribution in [0.3, 0.4) is 0 Å². The van der Waals surface area contributed by atoms with Crippen molar-refractivity contribution >= 4 is 12.2 Å². The van der Waals surface area contributed by atoms with Crippen molar-refractivity contribution in [3.8, 4) is 23.0 Å². The Labute approximate surface area is 172 Å². The second kappa shape index (κ2) is 9.87. The predicted octanol–water partition coefficient (Wildman–Crippen LogP) is 6.48. The molecule has 29 heavy (non-hydrogen) atoms. The Kier molecular flexibility index (Phi) is 7.54. The maximum absolute atomic E-state index is 10.9. The van der Waals surface area contributed by atoms with Crippen molar-refractivity contribution in [1.82, 2.24) is 0 Å². The minimum atomic E-state index is -0.0574. The monoisotopic (exact) mass is 394 g/mol. The highest BCUT2D eigenvalue weighted by Crippen LogP contribution is 2.41. The fourth-order valence-corrected chi connectivity index (χ4v) is 3.14. The molecular weight excluding hydrogens is 364 g/mol. The van der Waals surface area contributed by atoms with Gasteiger partial charge in [0.05, 0.1) is 0 Å². The van der Waals surface area contributed by atoms with Crippen LogP contribution in [0.1, 0.15) is 63.1 Å². The maximum Gasteiger partial charge on any atom is 0.129 e. The summed E-state index contributed by atoms with van der Waals surface area (Å²) in [5.41, 5.74) is 4.06. The lowest BCUT2D eigenvalue weighted by Crippen LogP contribution is -2.00. The largest absolute Gasteiger partial charge is 0.508 e. The van der Waals surface area contributed by atoms with E-state index in [-0.39, 0.29) is 28.9 Å². The van der Waals surface area contributed by atoms with Crippen LogP contribution in [0.5, 0.6) is 23.0 Å². The first-order valence-corrected chi connectivity index (χ1v) is 9.70. The van der Waals surface area contributed by atoms with E-state index >= 15 is 0 Å². The number of phenols is 4. The van der Waals surface area contributed by atoms with E-state index in [1.165, 1.54) is 29.3 Å². The van der Waals surface area contributed by atoms with E-state index in [1.54, 1.807) is 24.3 Å². The molecule has 0 heterocycles. The van der Waals surface area contributed by atoms with Gasteiger partial charge >= 0.3 is 0 Å². The molecule has 2 aromatic carbocycles. The van der Waals surface area contributed by atoms with Crippen LogP contribution in [0.25, 0.3) is 12.2 Å². The highest BCUT2D eigenvalue weighted by atomic mass is 16.3. The van der Waals surface area contributed by atoms with E-state index in [2.05, 4.69) is 12.2 Å². The second-order valence-corrected chi connectivity index (χ2v) is 7.78. The molecule has 0 aliphatic carbocycles. The first-order chi connectivity index (χ1) is 13.7. The SMILES string of the molecule is CC(C)=CCC(CC=C(C)C)c1c(O)ccc(C=Cc2cc(O)cc(O)c2)c1O. The quantitative estimate of drug-likeness (QED) is 0.320. The Balaban J connectivity index is 2.44. The first-order valence-electron chi connectivity index (χ1n) is 9.70. The van der Waals surface area contributed by atoms with Crippen LogP contribution in [0.15, 0.2) is 53.6 Å². The van der Waals surface area contributed by atoms with Gasteiger partial charge < -0.3 is 20.4 Å². The Bertz CT molecular complexity index is 903. The standard InChI is InChI=1S/C25H30O4/c1-16(2)5-8-19(9-6-17(3)4)24-23(28)12-11-20(25(24)29)10-7-18-13-21(26)15-22(27)14-18/h5-7,10-15,19,26-29H,8-9H2,1-4H3.